The molecular weight excluding hydrogens is 268 g/mol. The number of likely N-dealkylation sites (tertiary alicyclic amines) is 1. The van der Waals surface area contributed by atoms with Gasteiger partial charge in [-0.2, -0.15) is 0 Å². The van der Waals surface area contributed by atoms with Gasteiger partial charge in [0.15, 0.2) is 5.78 Å². The highest BCUT2D eigenvalue weighted by Gasteiger charge is 2.50. The normalized spacial score (nSPS) is 24.8. The number of carbonyl (C=O) groups is 3. The molecule has 0 bridgehead atoms. The molecule has 2 amide bonds. The standard InChI is InChI=1S/C16H20N2O3/c1-9-7-13(10(2)17(9)3)14(19)8-18-15(20)11-5-4-6-12(11)16(18)21/h7,11-12H,4-6,8H2,1-3H3. The lowest BCUT2D eigenvalue weighted by Gasteiger charge is -2.14. The Balaban J connectivity index is 1.80. The molecular formula is C16H20N2O3. The quantitative estimate of drug-likeness (QED) is 0.627. The SMILES string of the molecule is Cc1cc(C(=O)CN2C(=O)C3CCCC3C2=O)c(C)n1C. The predicted molar refractivity (Wildman–Crippen MR) is 76.8 cm³/mol. The first-order chi connectivity index (χ1) is 9.91. The third-order valence-corrected chi connectivity index (χ3v) is 5.06. The number of ketones is 1. The third kappa shape index (κ3) is 2.03. The van der Waals surface area contributed by atoms with Gasteiger partial charge in [-0.25, -0.2) is 0 Å². The van der Waals surface area contributed by atoms with Crippen molar-refractivity contribution in [3.05, 3.63) is 23.0 Å². The molecule has 1 aromatic heterocycles. The Morgan fingerprint density at radius 3 is 2.24 bits per heavy atom. The Morgan fingerprint density at radius 2 is 1.76 bits per heavy atom. The summed E-state index contributed by atoms with van der Waals surface area (Å²) >= 11 is 0. The number of Topliss-reactive ketones (excluding diaryl/α,β-unsaturated/α-hetero) is 1. The van der Waals surface area contributed by atoms with E-state index in [9.17, 15) is 14.4 Å². The van der Waals surface area contributed by atoms with E-state index in [0.717, 1.165) is 30.7 Å². The van der Waals surface area contributed by atoms with Crippen molar-refractivity contribution in [2.75, 3.05) is 6.54 Å². The molecule has 0 N–H and O–H groups in total. The van der Waals surface area contributed by atoms with Gasteiger partial charge < -0.3 is 4.57 Å². The lowest BCUT2D eigenvalue weighted by Crippen LogP contribution is -2.36. The van der Waals surface area contributed by atoms with Crippen LogP contribution in [0.2, 0.25) is 0 Å². The molecule has 1 aromatic rings. The van der Waals surface area contributed by atoms with Crippen molar-refractivity contribution in [1.29, 1.82) is 0 Å². The Hall–Kier alpha value is -1.91. The van der Waals surface area contributed by atoms with Crippen LogP contribution in [-0.2, 0) is 16.6 Å². The third-order valence-electron chi connectivity index (χ3n) is 5.06. The fraction of sp³-hybridized carbons (Fsp3) is 0.562. The van der Waals surface area contributed by atoms with Crippen LogP contribution < -0.4 is 0 Å². The van der Waals surface area contributed by atoms with E-state index in [1.54, 1.807) is 0 Å². The summed E-state index contributed by atoms with van der Waals surface area (Å²) in [5.74, 6) is -0.812. The molecule has 1 aliphatic heterocycles. The number of hydrogen-bond acceptors (Lipinski definition) is 3. The van der Waals surface area contributed by atoms with E-state index in [1.807, 2.05) is 31.5 Å². The maximum absolute atomic E-state index is 12.4. The zero-order chi connectivity index (χ0) is 15.3. The fourth-order valence-electron chi connectivity index (χ4n) is 3.58. The molecule has 2 heterocycles. The highest BCUT2D eigenvalue weighted by molar-refractivity contribution is 6.10. The Labute approximate surface area is 123 Å². The van der Waals surface area contributed by atoms with Crippen molar-refractivity contribution in [2.45, 2.75) is 33.1 Å². The van der Waals surface area contributed by atoms with Crippen LogP contribution in [0.15, 0.2) is 6.07 Å². The average molecular weight is 288 g/mol. The van der Waals surface area contributed by atoms with Crippen molar-refractivity contribution >= 4 is 17.6 Å². The largest absolute Gasteiger partial charge is 0.351 e. The van der Waals surface area contributed by atoms with Gasteiger partial charge in [0.25, 0.3) is 0 Å². The summed E-state index contributed by atoms with van der Waals surface area (Å²) in [6.07, 6.45) is 2.50. The van der Waals surface area contributed by atoms with Gasteiger partial charge in [-0.3, -0.25) is 19.3 Å². The molecule has 0 spiro atoms. The highest BCUT2D eigenvalue weighted by Crippen LogP contribution is 2.39. The maximum atomic E-state index is 12.4. The summed E-state index contributed by atoms with van der Waals surface area (Å²) in [5.41, 5.74) is 2.47. The monoisotopic (exact) mass is 288 g/mol. The first kappa shape index (κ1) is 14.0. The van der Waals surface area contributed by atoms with E-state index in [2.05, 4.69) is 0 Å². The summed E-state index contributed by atoms with van der Waals surface area (Å²) in [7, 11) is 1.90. The first-order valence-electron chi connectivity index (χ1n) is 7.43. The van der Waals surface area contributed by atoms with Gasteiger partial charge >= 0.3 is 0 Å². The number of rotatable bonds is 3. The molecule has 3 rings (SSSR count). The molecule has 21 heavy (non-hydrogen) atoms. The van der Waals surface area contributed by atoms with Crippen molar-refractivity contribution in [3.63, 3.8) is 0 Å². The molecule has 1 saturated heterocycles. The first-order valence-corrected chi connectivity index (χ1v) is 7.43. The smallest absolute Gasteiger partial charge is 0.233 e. The second kappa shape index (κ2) is 4.83. The van der Waals surface area contributed by atoms with Crippen LogP contribution >= 0.6 is 0 Å². The van der Waals surface area contributed by atoms with E-state index in [0.29, 0.717) is 5.56 Å². The summed E-state index contributed by atoms with van der Waals surface area (Å²) in [6.45, 7) is 3.69. The van der Waals surface area contributed by atoms with Crippen LogP contribution in [0.5, 0.6) is 0 Å². The van der Waals surface area contributed by atoms with Crippen molar-refractivity contribution in [3.8, 4) is 0 Å². The van der Waals surface area contributed by atoms with E-state index in [-0.39, 0.29) is 36.0 Å². The lowest BCUT2D eigenvalue weighted by atomic mass is 10.00. The molecule has 1 aliphatic carbocycles. The number of nitrogens with zero attached hydrogens (tertiary/aromatic N) is 2. The highest BCUT2D eigenvalue weighted by atomic mass is 16.2. The zero-order valence-corrected chi connectivity index (χ0v) is 12.7. The van der Waals surface area contributed by atoms with Gasteiger partial charge in [-0.05, 0) is 32.8 Å². The number of carbonyl (C=O) groups excluding carboxylic acids is 3. The van der Waals surface area contributed by atoms with Crippen LogP contribution in [-0.4, -0.2) is 33.6 Å². The fourth-order valence-corrected chi connectivity index (χ4v) is 3.58. The molecule has 5 heteroatoms. The molecule has 0 aromatic carbocycles. The Kier molecular flexibility index (Phi) is 3.23. The van der Waals surface area contributed by atoms with Gasteiger partial charge in [0.05, 0.1) is 18.4 Å². The minimum atomic E-state index is -0.177. The molecule has 5 nitrogen and oxygen atoms in total. The summed E-state index contributed by atoms with van der Waals surface area (Å²) < 4.78 is 1.94. The molecule has 1 saturated carbocycles. The zero-order valence-electron chi connectivity index (χ0n) is 12.7. The maximum Gasteiger partial charge on any atom is 0.233 e. The number of aryl methyl sites for hydroxylation is 1. The molecule has 2 aliphatic rings. The second-order valence-electron chi connectivity index (χ2n) is 6.17. The van der Waals surface area contributed by atoms with E-state index >= 15 is 0 Å². The number of imide groups is 1. The van der Waals surface area contributed by atoms with Gasteiger partial charge in [0, 0.05) is 24.0 Å². The van der Waals surface area contributed by atoms with Gasteiger partial charge in [-0.1, -0.05) is 6.42 Å². The number of hydrogen-bond donors (Lipinski definition) is 0. The average Bonchev–Trinajstić information content (AvgIpc) is 3.09. The summed E-state index contributed by atoms with van der Waals surface area (Å²) in [4.78, 5) is 38.2. The van der Waals surface area contributed by atoms with E-state index in [4.69, 9.17) is 0 Å². The molecule has 0 radical (unpaired) electrons. The van der Waals surface area contributed by atoms with E-state index < -0.39 is 0 Å². The number of fused-ring (bicyclic) bond motifs is 1. The molecule has 112 valence electrons. The van der Waals surface area contributed by atoms with Crippen molar-refractivity contribution in [1.82, 2.24) is 9.47 Å². The van der Waals surface area contributed by atoms with E-state index in [1.165, 1.54) is 4.90 Å². The number of amides is 2. The van der Waals surface area contributed by atoms with Crippen molar-refractivity contribution < 1.29 is 14.4 Å². The molecule has 2 unspecified atom stereocenters. The van der Waals surface area contributed by atoms with Crippen LogP contribution in [0, 0.1) is 25.7 Å². The van der Waals surface area contributed by atoms with Crippen molar-refractivity contribution in [2.24, 2.45) is 18.9 Å². The second-order valence-corrected chi connectivity index (χ2v) is 6.17. The Morgan fingerprint density at radius 1 is 1.19 bits per heavy atom. The minimum absolute atomic E-state index is 0.116. The predicted octanol–water partition coefficient (Wildman–Crippen LogP) is 1.61. The molecule has 2 fully saturated rings. The summed E-state index contributed by atoms with van der Waals surface area (Å²) in [6, 6.07) is 1.82. The lowest BCUT2D eigenvalue weighted by molar-refractivity contribution is -0.139. The molecule has 2 atom stereocenters. The minimum Gasteiger partial charge on any atom is -0.351 e. The van der Waals surface area contributed by atoms with Gasteiger partial charge in [0.2, 0.25) is 11.8 Å². The van der Waals surface area contributed by atoms with Crippen LogP contribution in [0.1, 0.15) is 41.0 Å². The van der Waals surface area contributed by atoms with Gasteiger partial charge in [0.1, 0.15) is 0 Å². The van der Waals surface area contributed by atoms with Crippen LogP contribution in [0.4, 0.5) is 0 Å². The topological polar surface area (TPSA) is 59.4 Å². The summed E-state index contributed by atoms with van der Waals surface area (Å²) in [5, 5.41) is 0. The van der Waals surface area contributed by atoms with Crippen LogP contribution in [0.3, 0.4) is 0 Å². The van der Waals surface area contributed by atoms with Gasteiger partial charge in [-0.15, -0.1) is 0 Å². The Bertz CT molecular complexity index is 622. The number of aromatic nitrogens is 1. The van der Waals surface area contributed by atoms with Crippen LogP contribution in [0.25, 0.3) is 0 Å².